The quantitative estimate of drug-likeness (QED) is 0.407. The Morgan fingerprint density at radius 2 is 2.27 bits per heavy atom. The zero-order valence-electron chi connectivity index (χ0n) is 12.4. The number of piperazine rings is 1. The van der Waals surface area contributed by atoms with Crippen molar-refractivity contribution in [1.29, 1.82) is 0 Å². The van der Waals surface area contributed by atoms with E-state index in [1.54, 1.807) is 18.0 Å². The van der Waals surface area contributed by atoms with Crippen LogP contribution in [0.2, 0.25) is 0 Å². The number of amides is 3. The van der Waals surface area contributed by atoms with Gasteiger partial charge < -0.3 is 19.9 Å². The van der Waals surface area contributed by atoms with Gasteiger partial charge in [0.2, 0.25) is 0 Å². The lowest BCUT2D eigenvalue weighted by molar-refractivity contribution is 0.0969. The van der Waals surface area contributed by atoms with E-state index in [0.717, 1.165) is 0 Å². The molecule has 4 N–H and O–H groups in total. The molecule has 2 heterocycles. The Labute approximate surface area is 128 Å². The second kappa shape index (κ2) is 7.46. The van der Waals surface area contributed by atoms with Gasteiger partial charge in [-0.25, -0.2) is 20.4 Å². The molecule has 1 aromatic rings. The summed E-state index contributed by atoms with van der Waals surface area (Å²) in [5.41, 5.74) is 2.02. The van der Waals surface area contributed by atoms with E-state index in [4.69, 9.17) is 10.6 Å². The number of anilines is 1. The summed E-state index contributed by atoms with van der Waals surface area (Å²) in [5.74, 6) is 5.83. The van der Waals surface area contributed by atoms with E-state index in [-0.39, 0.29) is 6.54 Å². The molecule has 1 aliphatic rings. The molecule has 1 saturated heterocycles. The van der Waals surface area contributed by atoms with Crippen LogP contribution in [-0.4, -0.2) is 54.4 Å². The van der Waals surface area contributed by atoms with Crippen LogP contribution in [0.4, 0.5) is 15.4 Å². The number of urea groups is 1. The van der Waals surface area contributed by atoms with Gasteiger partial charge in [0.1, 0.15) is 12.0 Å². The summed E-state index contributed by atoms with van der Waals surface area (Å²) in [6, 6.07) is 4.99. The highest BCUT2D eigenvalue weighted by molar-refractivity contribution is 5.74. The van der Waals surface area contributed by atoms with Crippen LogP contribution in [0.15, 0.2) is 24.4 Å². The third kappa shape index (κ3) is 3.76. The maximum Gasteiger partial charge on any atom is 0.409 e. The van der Waals surface area contributed by atoms with Crippen LogP contribution < -0.4 is 21.5 Å². The summed E-state index contributed by atoms with van der Waals surface area (Å²) < 4.78 is 5.00. The molecule has 1 atom stereocenters. The summed E-state index contributed by atoms with van der Waals surface area (Å²) in [6.07, 6.45) is 0.826. The van der Waals surface area contributed by atoms with Crippen LogP contribution in [0.25, 0.3) is 0 Å². The number of aromatic nitrogens is 1. The predicted octanol–water partition coefficient (Wildman–Crippen LogP) is -0.141. The summed E-state index contributed by atoms with van der Waals surface area (Å²) >= 11 is 0. The third-order valence-corrected chi connectivity index (χ3v) is 3.28. The molecule has 0 aliphatic carbocycles. The fourth-order valence-electron chi connectivity index (χ4n) is 2.28. The number of pyridine rings is 1. The van der Waals surface area contributed by atoms with E-state index in [9.17, 15) is 9.59 Å². The minimum absolute atomic E-state index is 0.281. The Kier molecular flexibility index (Phi) is 5.37. The van der Waals surface area contributed by atoms with Gasteiger partial charge in [-0.3, -0.25) is 5.43 Å². The second-order valence-electron chi connectivity index (χ2n) is 4.66. The van der Waals surface area contributed by atoms with Crippen molar-refractivity contribution in [2.24, 2.45) is 5.84 Å². The number of hydrogen-bond donors (Lipinski definition) is 3. The Morgan fingerprint density at radius 1 is 1.45 bits per heavy atom. The summed E-state index contributed by atoms with van der Waals surface area (Å²) in [6.45, 7) is 3.34. The molecule has 3 amide bonds. The number of nitrogens with zero attached hydrogens (tertiary/aromatic N) is 3. The third-order valence-electron chi connectivity index (χ3n) is 3.28. The van der Waals surface area contributed by atoms with Crippen molar-refractivity contribution >= 4 is 17.9 Å². The van der Waals surface area contributed by atoms with Crippen molar-refractivity contribution in [3.05, 3.63) is 24.4 Å². The van der Waals surface area contributed by atoms with Crippen LogP contribution in [0.1, 0.15) is 6.92 Å². The molecular weight excluding hydrogens is 288 g/mol. The van der Waals surface area contributed by atoms with Crippen molar-refractivity contribution in [3.8, 4) is 0 Å². The van der Waals surface area contributed by atoms with Crippen molar-refractivity contribution in [3.63, 3.8) is 0 Å². The Morgan fingerprint density at radius 3 is 2.91 bits per heavy atom. The first-order valence-electron chi connectivity index (χ1n) is 7.02. The van der Waals surface area contributed by atoms with Crippen LogP contribution in [0, 0.1) is 0 Å². The van der Waals surface area contributed by atoms with Gasteiger partial charge >= 0.3 is 12.1 Å². The first-order chi connectivity index (χ1) is 10.7. The Balaban J connectivity index is 2.13. The maximum atomic E-state index is 11.9. The first kappa shape index (κ1) is 15.8. The summed E-state index contributed by atoms with van der Waals surface area (Å²) in [5, 5.41) is 2.71. The van der Waals surface area contributed by atoms with Crippen molar-refractivity contribution in [1.82, 2.24) is 20.6 Å². The highest BCUT2D eigenvalue weighted by Crippen LogP contribution is 2.17. The van der Waals surface area contributed by atoms with Gasteiger partial charge in [0.15, 0.2) is 0 Å². The van der Waals surface area contributed by atoms with Crippen LogP contribution in [-0.2, 0) is 4.74 Å². The van der Waals surface area contributed by atoms with E-state index < -0.39 is 18.3 Å². The van der Waals surface area contributed by atoms with Crippen LogP contribution >= 0.6 is 0 Å². The van der Waals surface area contributed by atoms with E-state index in [2.05, 4.69) is 10.3 Å². The molecular formula is C13H20N6O3. The molecule has 120 valence electrons. The van der Waals surface area contributed by atoms with Crippen molar-refractivity contribution in [2.75, 3.05) is 31.1 Å². The number of carbonyl (C=O) groups is 2. The van der Waals surface area contributed by atoms with Gasteiger partial charge in [0.05, 0.1) is 13.2 Å². The van der Waals surface area contributed by atoms with Gasteiger partial charge in [-0.15, -0.1) is 0 Å². The molecule has 1 unspecified atom stereocenters. The average Bonchev–Trinajstić information content (AvgIpc) is 2.55. The van der Waals surface area contributed by atoms with Gasteiger partial charge in [0.25, 0.3) is 0 Å². The number of rotatable bonds is 3. The Bertz CT molecular complexity index is 512. The molecule has 2 rings (SSSR count). The minimum atomic E-state index is -0.531. The number of carbonyl (C=O) groups excluding carboxylic acids is 2. The fourth-order valence-corrected chi connectivity index (χ4v) is 2.28. The number of hydrazine groups is 1. The standard InChI is InChI=1S/C13H20N6O3/c1-2-22-13(21)18-7-8-19(10-5-3-4-6-15-10)11(9-18)16-12(20)17-14/h3-6,11H,2,7-9,14H2,1H3,(H2,16,17,20). The molecule has 9 heteroatoms. The SMILES string of the molecule is CCOC(=O)N1CCN(c2ccccn2)C(NC(=O)NN)C1. The maximum absolute atomic E-state index is 11.9. The normalized spacial score (nSPS) is 17.8. The van der Waals surface area contributed by atoms with Gasteiger partial charge in [-0.2, -0.15) is 0 Å². The van der Waals surface area contributed by atoms with Crippen LogP contribution in [0.5, 0.6) is 0 Å². The summed E-state index contributed by atoms with van der Waals surface area (Å²) in [7, 11) is 0. The topological polar surface area (TPSA) is 113 Å². The molecule has 0 radical (unpaired) electrons. The molecule has 0 saturated carbocycles. The highest BCUT2D eigenvalue weighted by Gasteiger charge is 2.31. The molecule has 1 aromatic heterocycles. The van der Waals surface area contributed by atoms with Crippen LogP contribution in [0.3, 0.4) is 0 Å². The van der Waals surface area contributed by atoms with Gasteiger partial charge in [0, 0.05) is 19.3 Å². The minimum Gasteiger partial charge on any atom is -0.450 e. The van der Waals surface area contributed by atoms with E-state index in [1.807, 2.05) is 28.5 Å². The molecule has 0 aromatic carbocycles. The fraction of sp³-hybridized carbons (Fsp3) is 0.462. The number of nitrogens with two attached hydrogens (primary N) is 1. The molecule has 1 fully saturated rings. The summed E-state index contributed by atoms with van der Waals surface area (Å²) in [4.78, 5) is 31.1. The molecule has 1 aliphatic heterocycles. The lowest BCUT2D eigenvalue weighted by Crippen LogP contribution is -2.63. The molecule has 0 bridgehead atoms. The lowest BCUT2D eigenvalue weighted by Gasteiger charge is -2.41. The molecule has 9 nitrogen and oxygen atoms in total. The zero-order valence-corrected chi connectivity index (χ0v) is 12.4. The molecule has 0 spiro atoms. The van der Waals surface area contributed by atoms with Gasteiger partial charge in [-0.1, -0.05) is 6.07 Å². The highest BCUT2D eigenvalue weighted by atomic mass is 16.6. The van der Waals surface area contributed by atoms with E-state index >= 15 is 0 Å². The zero-order chi connectivity index (χ0) is 15.9. The molecule has 22 heavy (non-hydrogen) atoms. The smallest absolute Gasteiger partial charge is 0.409 e. The first-order valence-corrected chi connectivity index (χ1v) is 7.02. The number of hydrogen-bond acceptors (Lipinski definition) is 6. The number of ether oxygens (including phenoxy) is 1. The number of nitrogens with one attached hydrogen (secondary N) is 2. The van der Waals surface area contributed by atoms with Crippen molar-refractivity contribution in [2.45, 2.75) is 13.1 Å². The van der Waals surface area contributed by atoms with Crippen molar-refractivity contribution < 1.29 is 14.3 Å². The monoisotopic (exact) mass is 308 g/mol. The largest absolute Gasteiger partial charge is 0.450 e. The predicted molar refractivity (Wildman–Crippen MR) is 79.8 cm³/mol. The second-order valence-corrected chi connectivity index (χ2v) is 4.66. The Hall–Kier alpha value is -2.55. The average molecular weight is 308 g/mol. The van der Waals surface area contributed by atoms with Gasteiger partial charge in [-0.05, 0) is 19.1 Å². The lowest BCUT2D eigenvalue weighted by atomic mass is 10.2. The van der Waals surface area contributed by atoms with E-state index in [0.29, 0.717) is 25.5 Å². The van der Waals surface area contributed by atoms with E-state index in [1.165, 1.54) is 0 Å².